The summed E-state index contributed by atoms with van der Waals surface area (Å²) >= 11 is 0. The molecule has 0 fully saturated rings. The molecule has 140 valence electrons. The maximum absolute atomic E-state index is 13.3. The number of carbonyl (C=O) groups is 1. The summed E-state index contributed by atoms with van der Waals surface area (Å²) in [5.41, 5.74) is 6.85. The van der Waals surface area contributed by atoms with Crippen LogP contribution in [0.15, 0.2) is 55.0 Å². The van der Waals surface area contributed by atoms with Crippen LogP contribution in [0.1, 0.15) is 27.2 Å². The van der Waals surface area contributed by atoms with Crippen LogP contribution >= 0.6 is 0 Å². The van der Waals surface area contributed by atoms with E-state index in [1.165, 1.54) is 17.0 Å². The van der Waals surface area contributed by atoms with Crippen LogP contribution in [0.4, 0.5) is 18.9 Å². The van der Waals surface area contributed by atoms with Gasteiger partial charge < -0.3 is 15.6 Å². The summed E-state index contributed by atoms with van der Waals surface area (Å²) in [6.07, 6.45) is -1.59. The number of hydrogen-bond donors (Lipinski definition) is 2. The predicted molar refractivity (Wildman–Crippen MR) is 95.3 cm³/mol. The molecule has 0 bridgehead atoms. The quantitative estimate of drug-likeness (QED) is 0.684. The van der Waals surface area contributed by atoms with Crippen LogP contribution in [0, 0.1) is 6.92 Å². The maximum Gasteiger partial charge on any atom is 0.416 e. The number of carbonyl (C=O) groups excluding carboxylic acids is 1. The lowest BCUT2D eigenvalue weighted by molar-refractivity contribution is -0.137. The minimum Gasteiger partial charge on any atom is -0.399 e. The number of nitrogens with zero attached hydrogens (tertiary/aromatic N) is 2. The fraction of sp³-hybridized carbons (Fsp3) is 0.158. The Morgan fingerprint density at radius 1 is 1.22 bits per heavy atom. The van der Waals surface area contributed by atoms with E-state index in [4.69, 9.17) is 5.73 Å². The summed E-state index contributed by atoms with van der Waals surface area (Å²) in [5.74, 6) is -0.610. The summed E-state index contributed by atoms with van der Waals surface area (Å²) in [5, 5.41) is 2.62. The van der Waals surface area contributed by atoms with E-state index >= 15 is 0 Å². The van der Waals surface area contributed by atoms with Crippen LogP contribution in [-0.2, 0) is 12.7 Å². The zero-order valence-corrected chi connectivity index (χ0v) is 14.4. The van der Waals surface area contributed by atoms with Crippen molar-refractivity contribution in [2.45, 2.75) is 19.6 Å². The van der Waals surface area contributed by atoms with E-state index in [1.54, 1.807) is 37.4 Å². The van der Waals surface area contributed by atoms with Gasteiger partial charge in [0, 0.05) is 29.7 Å². The van der Waals surface area contributed by atoms with Crippen molar-refractivity contribution in [3.8, 4) is 5.69 Å². The molecule has 0 saturated heterocycles. The Bertz CT molecular complexity index is 979. The number of rotatable bonds is 4. The Labute approximate surface area is 153 Å². The second kappa shape index (κ2) is 7.14. The number of benzene rings is 2. The van der Waals surface area contributed by atoms with Crippen LogP contribution in [0.3, 0.4) is 0 Å². The number of imidazole rings is 1. The molecule has 0 unspecified atom stereocenters. The Balaban J connectivity index is 1.90. The number of nitrogens with one attached hydrogen (secondary N) is 1. The molecule has 3 N–H and O–H groups in total. The molecule has 0 atom stereocenters. The molecule has 3 rings (SSSR count). The Morgan fingerprint density at radius 2 is 2.00 bits per heavy atom. The number of hydrogen-bond acceptors (Lipinski definition) is 3. The fourth-order valence-electron chi connectivity index (χ4n) is 2.60. The van der Waals surface area contributed by atoms with Crippen LogP contribution in [-0.4, -0.2) is 15.5 Å². The molecule has 3 aromatic rings. The highest BCUT2D eigenvalue weighted by Crippen LogP contribution is 2.31. The Morgan fingerprint density at radius 3 is 2.63 bits per heavy atom. The van der Waals surface area contributed by atoms with Crippen molar-refractivity contribution in [2.24, 2.45) is 0 Å². The van der Waals surface area contributed by atoms with Crippen LogP contribution < -0.4 is 11.1 Å². The molecule has 0 radical (unpaired) electrons. The van der Waals surface area contributed by atoms with Crippen LogP contribution in [0.5, 0.6) is 0 Å². The lowest BCUT2D eigenvalue weighted by atomic mass is 10.1. The average molecular weight is 374 g/mol. The largest absolute Gasteiger partial charge is 0.416 e. The molecule has 5 nitrogen and oxygen atoms in total. The molecule has 0 aliphatic heterocycles. The van der Waals surface area contributed by atoms with E-state index in [1.807, 2.05) is 0 Å². The lowest BCUT2D eigenvalue weighted by Gasteiger charge is -2.13. The number of aromatic nitrogens is 2. The second-order valence-corrected chi connectivity index (χ2v) is 6.12. The van der Waals surface area contributed by atoms with Gasteiger partial charge in [-0.3, -0.25) is 4.79 Å². The number of halogens is 3. The molecule has 8 heteroatoms. The van der Waals surface area contributed by atoms with Gasteiger partial charge in [-0.2, -0.15) is 13.2 Å². The van der Waals surface area contributed by atoms with E-state index in [-0.39, 0.29) is 17.8 Å². The van der Waals surface area contributed by atoms with Gasteiger partial charge in [0.25, 0.3) is 5.91 Å². The SMILES string of the molecule is Cc1cn(-c2cc(C(=O)NCc3cccc(N)c3)cc(C(F)(F)F)c2)cn1. The van der Waals surface area contributed by atoms with Gasteiger partial charge in [-0.15, -0.1) is 0 Å². The average Bonchev–Trinajstić information content (AvgIpc) is 3.05. The molecule has 1 heterocycles. The second-order valence-electron chi connectivity index (χ2n) is 6.12. The normalized spacial score (nSPS) is 11.4. The van der Waals surface area contributed by atoms with Crippen molar-refractivity contribution in [2.75, 3.05) is 5.73 Å². The highest BCUT2D eigenvalue weighted by molar-refractivity contribution is 5.95. The molecule has 0 aliphatic rings. The molecule has 1 amide bonds. The smallest absolute Gasteiger partial charge is 0.399 e. The van der Waals surface area contributed by atoms with E-state index < -0.39 is 17.6 Å². The first-order valence-corrected chi connectivity index (χ1v) is 8.08. The summed E-state index contributed by atoms with van der Waals surface area (Å²) < 4.78 is 41.2. The topological polar surface area (TPSA) is 72.9 Å². The maximum atomic E-state index is 13.3. The molecule has 0 saturated carbocycles. The van der Waals surface area contributed by atoms with Crippen LogP contribution in [0.2, 0.25) is 0 Å². The molecule has 1 aromatic heterocycles. The Hall–Kier alpha value is -3.29. The third kappa shape index (κ3) is 4.46. The van der Waals surface area contributed by atoms with Gasteiger partial charge in [-0.25, -0.2) is 4.98 Å². The van der Waals surface area contributed by atoms with E-state index in [0.29, 0.717) is 11.4 Å². The summed E-state index contributed by atoms with van der Waals surface area (Å²) in [6, 6.07) is 10.1. The zero-order valence-electron chi connectivity index (χ0n) is 14.4. The van der Waals surface area contributed by atoms with Gasteiger partial charge in [-0.05, 0) is 42.8 Å². The summed E-state index contributed by atoms with van der Waals surface area (Å²) in [4.78, 5) is 16.4. The van der Waals surface area contributed by atoms with Crippen molar-refractivity contribution in [1.29, 1.82) is 0 Å². The molecular formula is C19H17F3N4O. The number of anilines is 1. The number of alkyl halides is 3. The number of aryl methyl sites for hydroxylation is 1. The number of nitrogens with two attached hydrogens (primary N) is 1. The highest BCUT2D eigenvalue weighted by atomic mass is 19.4. The standard InChI is InChI=1S/C19H17F3N4O/c1-12-10-26(11-25-12)17-7-14(6-15(8-17)19(20,21)22)18(27)24-9-13-3-2-4-16(23)5-13/h2-8,10-11H,9,23H2,1H3,(H,24,27). The highest BCUT2D eigenvalue weighted by Gasteiger charge is 2.32. The minimum atomic E-state index is -4.57. The van der Waals surface area contributed by atoms with Crippen LogP contribution in [0.25, 0.3) is 5.69 Å². The monoisotopic (exact) mass is 374 g/mol. The van der Waals surface area contributed by atoms with Crippen molar-refractivity contribution in [3.05, 3.63) is 77.4 Å². The predicted octanol–water partition coefficient (Wildman–Crippen LogP) is 3.71. The van der Waals surface area contributed by atoms with Gasteiger partial charge in [0.1, 0.15) is 0 Å². The molecule has 0 spiro atoms. The fourth-order valence-corrected chi connectivity index (χ4v) is 2.60. The van der Waals surface area contributed by atoms with Gasteiger partial charge in [0.15, 0.2) is 0 Å². The first-order valence-electron chi connectivity index (χ1n) is 8.08. The molecule has 0 aliphatic carbocycles. The molecule has 2 aromatic carbocycles. The summed E-state index contributed by atoms with van der Waals surface area (Å²) in [6.45, 7) is 1.88. The lowest BCUT2D eigenvalue weighted by Crippen LogP contribution is -2.23. The van der Waals surface area contributed by atoms with Crippen molar-refractivity contribution < 1.29 is 18.0 Å². The Kier molecular flexibility index (Phi) is 4.89. The first-order chi connectivity index (χ1) is 12.7. The van der Waals surface area contributed by atoms with Gasteiger partial charge >= 0.3 is 6.18 Å². The number of amides is 1. The van der Waals surface area contributed by atoms with Crippen molar-refractivity contribution in [1.82, 2.24) is 14.9 Å². The molecule has 27 heavy (non-hydrogen) atoms. The van der Waals surface area contributed by atoms with Gasteiger partial charge in [-0.1, -0.05) is 12.1 Å². The van der Waals surface area contributed by atoms with Crippen molar-refractivity contribution >= 4 is 11.6 Å². The van der Waals surface area contributed by atoms with Gasteiger partial charge in [0.05, 0.1) is 17.6 Å². The van der Waals surface area contributed by atoms with Crippen molar-refractivity contribution in [3.63, 3.8) is 0 Å². The van der Waals surface area contributed by atoms with Gasteiger partial charge in [0.2, 0.25) is 0 Å². The van der Waals surface area contributed by atoms with E-state index in [2.05, 4.69) is 10.3 Å². The summed E-state index contributed by atoms with van der Waals surface area (Å²) in [7, 11) is 0. The third-order valence-corrected chi connectivity index (χ3v) is 3.92. The molecular weight excluding hydrogens is 357 g/mol. The zero-order chi connectivity index (χ0) is 19.6. The van der Waals surface area contributed by atoms with E-state index in [9.17, 15) is 18.0 Å². The third-order valence-electron chi connectivity index (χ3n) is 3.92. The first kappa shape index (κ1) is 18.5. The minimum absolute atomic E-state index is 0.0879. The number of nitrogen functional groups attached to an aromatic ring is 1. The van der Waals surface area contributed by atoms with E-state index in [0.717, 1.165) is 17.7 Å².